The molecule has 6 nitrogen and oxygen atoms in total. The molecule has 0 aromatic heterocycles. The first-order valence-electron chi connectivity index (χ1n) is 8.17. The van der Waals surface area contributed by atoms with Crippen molar-refractivity contribution in [1.29, 1.82) is 0 Å². The number of carbonyl (C=O) groups excluding carboxylic acids is 2. The molecule has 0 aliphatic heterocycles. The van der Waals surface area contributed by atoms with Crippen LogP contribution in [0.5, 0.6) is 11.5 Å². The Morgan fingerprint density at radius 3 is 2.37 bits per heavy atom. The summed E-state index contributed by atoms with van der Waals surface area (Å²) in [6.45, 7) is 0.285. The van der Waals surface area contributed by atoms with Crippen molar-refractivity contribution >= 4 is 35.0 Å². The van der Waals surface area contributed by atoms with Crippen molar-refractivity contribution in [2.24, 2.45) is 0 Å². The zero-order valence-corrected chi connectivity index (χ0v) is 16.5. The van der Waals surface area contributed by atoms with Crippen LogP contribution in [0.4, 0.5) is 0 Å². The molecular weight excluding hydrogens is 391 g/mol. The fourth-order valence-electron chi connectivity index (χ4n) is 2.32. The van der Waals surface area contributed by atoms with Crippen LogP contribution in [0.15, 0.2) is 36.4 Å². The highest BCUT2D eigenvalue weighted by molar-refractivity contribution is 6.34. The van der Waals surface area contributed by atoms with Gasteiger partial charge in [0.1, 0.15) is 0 Å². The molecule has 27 heavy (non-hydrogen) atoms. The molecule has 0 bridgehead atoms. The van der Waals surface area contributed by atoms with E-state index in [-0.39, 0.29) is 18.4 Å². The number of likely N-dealkylation sites (N-methyl/N-ethyl adjacent to an activating group) is 1. The standard InChI is InChI=1S/C19H20Cl2N2O4/c1-22-18(24)11-27-16-4-3-13(9-17(16)26-2)19(25)23-6-5-12-7-14(20)10-15(21)8-12/h3-4,7-10H,5-6,11H2,1-2H3,(H,22,24)(H,23,25). The van der Waals surface area contributed by atoms with Crippen molar-refractivity contribution in [3.05, 3.63) is 57.6 Å². The number of carbonyl (C=O) groups is 2. The lowest BCUT2D eigenvalue weighted by atomic mass is 10.1. The van der Waals surface area contributed by atoms with Gasteiger partial charge in [-0.05, 0) is 48.4 Å². The maximum absolute atomic E-state index is 12.3. The molecule has 0 fully saturated rings. The minimum atomic E-state index is -0.264. The van der Waals surface area contributed by atoms with Gasteiger partial charge >= 0.3 is 0 Å². The number of halogens is 2. The van der Waals surface area contributed by atoms with Crippen molar-refractivity contribution in [3.63, 3.8) is 0 Å². The van der Waals surface area contributed by atoms with Crippen LogP contribution in [0.3, 0.4) is 0 Å². The van der Waals surface area contributed by atoms with Crippen molar-refractivity contribution in [2.75, 3.05) is 27.3 Å². The van der Waals surface area contributed by atoms with E-state index in [0.717, 1.165) is 5.56 Å². The first kappa shape index (κ1) is 20.9. The van der Waals surface area contributed by atoms with E-state index in [9.17, 15) is 9.59 Å². The van der Waals surface area contributed by atoms with Crippen molar-refractivity contribution in [3.8, 4) is 11.5 Å². The van der Waals surface area contributed by atoms with Crippen molar-refractivity contribution < 1.29 is 19.1 Å². The monoisotopic (exact) mass is 410 g/mol. The fourth-order valence-corrected chi connectivity index (χ4v) is 2.89. The third kappa shape index (κ3) is 6.34. The topological polar surface area (TPSA) is 76.7 Å². The van der Waals surface area contributed by atoms with E-state index in [2.05, 4.69) is 10.6 Å². The van der Waals surface area contributed by atoms with Crippen LogP contribution < -0.4 is 20.1 Å². The number of amides is 2. The second-order valence-corrected chi connectivity index (χ2v) is 6.48. The Hall–Kier alpha value is -2.44. The Labute approximate surface area is 167 Å². The first-order valence-corrected chi connectivity index (χ1v) is 8.93. The average Bonchev–Trinajstić information content (AvgIpc) is 2.65. The number of ether oxygens (including phenoxy) is 2. The van der Waals surface area contributed by atoms with Gasteiger partial charge in [-0.1, -0.05) is 23.2 Å². The van der Waals surface area contributed by atoms with E-state index < -0.39 is 0 Å². The summed E-state index contributed by atoms with van der Waals surface area (Å²) in [6.07, 6.45) is 0.594. The number of methoxy groups -OCH3 is 1. The molecule has 2 N–H and O–H groups in total. The lowest BCUT2D eigenvalue weighted by molar-refractivity contribution is -0.122. The van der Waals surface area contributed by atoms with Gasteiger partial charge in [-0.3, -0.25) is 9.59 Å². The first-order chi connectivity index (χ1) is 12.9. The van der Waals surface area contributed by atoms with E-state index in [1.807, 2.05) is 0 Å². The zero-order valence-electron chi connectivity index (χ0n) is 15.0. The predicted octanol–water partition coefficient (Wildman–Crippen LogP) is 3.10. The smallest absolute Gasteiger partial charge is 0.257 e. The number of hydrogen-bond acceptors (Lipinski definition) is 4. The lowest BCUT2D eigenvalue weighted by Crippen LogP contribution is -2.26. The third-order valence-corrected chi connectivity index (χ3v) is 4.12. The average molecular weight is 411 g/mol. The second-order valence-electron chi connectivity index (χ2n) is 5.61. The Balaban J connectivity index is 1.96. The minimum Gasteiger partial charge on any atom is -0.493 e. The van der Waals surface area contributed by atoms with E-state index in [4.69, 9.17) is 32.7 Å². The SMILES string of the molecule is CNC(=O)COc1ccc(C(=O)NCCc2cc(Cl)cc(Cl)c2)cc1OC. The summed E-state index contributed by atoms with van der Waals surface area (Å²) in [5.41, 5.74) is 1.35. The molecule has 2 rings (SSSR count). The summed E-state index contributed by atoms with van der Waals surface area (Å²) in [5.74, 6) is 0.235. The van der Waals surface area contributed by atoms with Gasteiger partial charge in [0.15, 0.2) is 18.1 Å². The second kappa shape index (κ2) is 10.0. The van der Waals surface area contributed by atoms with E-state index in [0.29, 0.717) is 40.1 Å². The van der Waals surface area contributed by atoms with Crippen LogP contribution in [0.25, 0.3) is 0 Å². The highest BCUT2D eigenvalue weighted by Gasteiger charge is 2.12. The van der Waals surface area contributed by atoms with Gasteiger partial charge in [-0.25, -0.2) is 0 Å². The number of hydrogen-bond donors (Lipinski definition) is 2. The molecule has 0 radical (unpaired) electrons. The van der Waals surface area contributed by atoms with E-state index in [1.165, 1.54) is 14.2 Å². The molecule has 0 heterocycles. The molecular formula is C19H20Cl2N2O4. The van der Waals surface area contributed by atoms with Gasteiger partial charge in [-0.15, -0.1) is 0 Å². The van der Waals surface area contributed by atoms with Crippen LogP contribution in [-0.4, -0.2) is 39.1 Å². The Kier molecular flexibility index (Phi) is 7.76. The van der Waals surface area contributed by atoms with E-state index in [1.54, 1.807) is 36.4 Å². The minimum absolute atomic E-state index is 0.138. The maximum atomic E-state index is 12.3. The molecule has 2 amide bonds. The van der Waals surface area contributed by atoms with Gasteiger partial charge in [0.25, 0.3) is 11.8 Å². The largest absolute Gasteiger partial charge is 0.493 e. The van der Waals surface area contributed by atoms with Gasteiger partial charge in [0.05, 0.1) is 7.11 Å². The molecule has 2 aromatic rings. The fraction of sp³-hybridized carbons (Fsp3) is 0.263. The molecule has 0 spiro atoms. The molecule has 0 atom stereocenters. The number of nitrogens with one attached hydrogen (secondary N) is 2. The molecule has 144 valence electrons. The molecule has 0 saturated heterocycles. The van der Waals surface area contributed by atoms with Crippen LogP contribution in [0.1, 0.15) is 15.9 Å². The van der Waals surface area contributed by atoms with Gasteiger partial charge in [-0.2, -0.15) is 0 Å². The summed E-state index contributed by atoms with van der Waals surface area (Å²) >= 11 is 11.9. The summed E-state index contributed by atoms with van der Waals surface area (Å²) in [6, 6.07) is 10.0. The summed E-state index contributed by atoms with van der Waals surface area (Å²) < 4.78 is 10.6. The molecule has 2 aromatic carbocycles. The molecule has 0 unspecified atom stereocenters. The molecule has 0 saturated carbocycles. The maximum Gasteiger partial charge on any atom is 0.257 e. The molecule has 0 aliphatic rings. The van der Waals surface area contributed by atoms with Crippen LogP contribution in [0.2, 0.25) is 10.0 Å². The van der Waals surface area contributed by atoms with Crippen molar-refractivity contribution in [1.82, 2.24) is 10.6 Å². The Morgan fingerprint density at radius 2 is 1.74 bits per heavy atom. The summed E-state index contributed by atoms with van der Waals surface area (Å²) in [4.78, 5) is 23.6. The van der Waals surface area contributed by atoms with Crippen LogP contribution in [-0.2, 0) is 11.2 Å². The number of benzene rings is 2. The Bertz CT molecular complexity index is 807. The van der Waals surface area contributed by atoms with Crippen molar-refractivity contribution in [2.45, 2.75) is 6.42 Å². The number of rotatable bonds is 8. The van der Waals surface area contributed by atoms with Crippen LogP contribution >= 0.6 is 23.2 Å². The van der Waals surface area contributed by atoms with Crippen LogP contribution in [0, 0.1) is 0 Å². The molecule has 8 heteroatoms. The highest BCUT2D eigenvalue weighted by atomic mass is 35.5. The van der Waals surface area contributed by atoms with Gasteiger partial charge in [0, 0.05) is 29.2 Å². The normalized spacial score (nSPS) is 10.2. The zero-order chi connectivity index (χ0) is 19.8. The van der Waals surface area contributed by atoms with Gasteiger partial charge in [0.2, 0.25) is 0 Å². The lowest BCUT2D eigenvalue weighted by Gasteiger charge is -2.12. The van der Waals surface area contributed by atoms with Gasteiger partial charge < -0.3 is 20.1 Å². The summed E-state index contributed by atoms with van der Waals surface area (Å²) in [5, 5.41) is 6.40. The Morgan fingerprint density at radius 1 is 1.04 bits per heavy atom. The van der Waals surface area contributed by atoms with E-state index >= 15 is 0 Å². The summed E-state index contributed by atoms with van der Waals surface area (Å²) in [7, 11) is 2.99. The highest BCUT2D eigenvalue weighted by Crippen LogP contribution is 2.28. The quantitative estimate of drug-likeness (QED) is 0.700. The predicted molar refractivity (Wildman–Crippen MR) is 105 cm³/mol. The third-order valence-electron chi connectivity index (χ3n) is 3.68. The molecule has 0 aliphatic carbocycles.